The van der Waals surface area contributed by atoms with Crippen LogP contribution in [0.4, 0.5) is 8.78 Å². The molecule has 1 aliphatic carbocycles. The minimum Gasteiger partial charge on any atom is -0.481 e. The van der Waals surface area contributed by atoms with Crippen molar-refractivity contribution in [3.63, 3.8) is 0 Å². The molecule has 7 heteroatoms. The summed E-state index contributed by atoms with van der Waals surface area (Å²) < 4.78 is 30.3. The number of aliphatic carboxylic acids is 1. The Morgan fingerprint density at radius 2 is 2.12 bits per heavy atom. The third-order valence-electron chi connectivity index (χ3n) is 5.14. The highest BCUT2D eigenvalue weighted by Gasteiger charge is 2.42. The third kappa shape index (κ3) is 3.94. The van der Waals surface area contributed by atoms with Crippen molar-refractivity contribution in [2.24, 2.45) is 5.92 Å². The van der Waals surface area contributed by atoms with Gasteiger partial charge in [0.05, 0.1) is 17.8 Å². The van der Waals surface area contributed by atoms with Crippen molar-refractivity contribution in [1.29, 1.82) is 0 Å². The summed E-state index contributed by atoms with van der Waals surface area (Å²) in [7, 11) is 0. The lowest BCUT2D eigenvalue weighted by molar-refractivity contribution is -0.143. The summed E-state index contributed by atoms with van der Waals surface area (Å²) in [5, 5.41) is 13.5. The Kier molecular flexibility index (Phi) is 4.90. The molecule has 2 fully saturated rings. The van der Waals surface area contributed by atoms with E-state index in [1.165, 1.54) is 12.8 Å². The first-order valence-corrected chi connectivity index (χ1v) is 8.77. The highest BCUT2D eigenvalue weighted by atomic mass is 19.3. The van der Waals surface area contributed by atoms with Crippen molar-refractivity contribution in [1.82, 2.24) is 14.7 Å². The molecule has 2 heterocycles. The first-order valence-electron chi connectivity index (χ1n) is 8.77. The van der Waals surface area contributed by atoms with Crippen LogP contribution in [-0.2, 0) is 17.9 Å². The lowest BCUT2D eigenvalue weighted by atomic mass is 9.93. The maximum atomic E-state index is 14.2. The van der Waals surface area contributed by atoms with Crippen LogP contribution in [0.3, 0.4) is 0 Å². The fourth-order valence-corrected chi connectivity index (χ4v) is 3.48. The highest BCUT2D eigenvalue weighted by Crippen LogP contribution is 2.40. The molecular formula is C17H25F2N3O2. The molecule has 0 bridgehead atoms. The first kappa shape index (κ1) is 17.3. The van der Waals surface area contributed by atoms with Crippen LogP contribution in [-0.4, -0.2) is 44.8 Å². The average Bonchev–Trinajstić information content (AvgIpc) is 3.30. The van der Waals surface area contributed by atoms with Crippen molar-refractivity contribution >= 4 is 5.97 Å². The van der Waals surface area contributed by atoms with Crippen molar-refractivity contribution < 1.29 is 18.7 Å². The molecule has 3 rings (SSSR count). The van der Waals surface area contributed by atoms with Gasteiger partial charge < -0.3 is 5.11 Å². The molecule has 2 aliphatic rings. The van der Waals surface area contributed by atoms with Gasteiger partial charge in [0.25, 0.3) is 5.92 Å². The molecule has 0 spiro atoms. The zero-order valence-electron chi connectivity index (χ0n) is 14.0. The monoisotopic (exact) mass is 341 g/mol. The molecule has 24 heavy (non-hydrogen) atoms. The number of hydrogen-bond acceptors (Lipinski definition) is 3. The molecule has 1 aromatic rings. The summed E-state index contributed by atoms with van der Waals surface area (Å²) in [4.78, 5) is 12.8. The minimum atomic E-state index is -2.91. The van der Waals surface area contributed by atoms with Gasteiger partial charge in [0.15, 0.2) is 0 Å². The fraction of sp³-hybridized carbons (Fsp3) is 0.765. The number of likely N-dealkylation sites (tertiary alicyclic amines) is 1. The third-order valence-corrected chi connectivity index (χ3v) is 5.14. The van der Waals surface area contributed by atoms with E-state index in [0.717, 1.165) is 17.9 Å². The van der Waals surface area contributed by atoms with Crippen LogP contribution < -0.4 is 0 Å². The number of rotatable bonds is 6. The van der Waals surface area contributed by atoms with Crippen molar-refractivity contribution in [2.75, 3.05) is 13.1 Å². The highest BCUT2D eigenvalue weighted by molar-refractivity contribution is 5.67. The Morgan fingerprint density at radius 1 is 1.38 bits per heavy atom. The van der Waals surface area contributed by atoms with E-state index < -0.39 is 24.2 Å². The second kappa shape index (κ2) is 6.78. The lowest BCUT2D eigenvalue weighted by Gasteiger charge is -2.22. The number of hydrogen-bond donors (Lipinski definition) is 1. The SMILES string of the molecule is CCn1nc(C2CC2)cc1CN1CCC(CC(=O)O)C(F)(F)CC1. The van der Waals surface area contributed by atoms with E-state index in [-0.39, 0.29) is 19.4 Å². The standard InChI is InChI=1S/C17H25F2N3O2/c1-2-22-14(10-15(20-22)12-3-4-12)11-21-7-5-13(9-16(23)24)17(18,19)6-8-21/h10,12-13H,2-9,11H2,1H3,(H,23,24). The molecule has 1 saturated heterocycles. The van der Waals surface area contributed by atoms with Crippen LogP contribution in [0.1, 0.15) is 56.3 Å². The van der Waals surface area contributed by atoms with E-state index in [2.05, 4.69) is 11.2 Å². The zero-order valence-corrected chi connectivity index (χ0v) is 14.0. The summed E-state index contributed by atoms with van der Waals surface area (Å²) in [5.41, 5.74) is 2.19. The lowest BCUT2D eigenvalue weighted by Crippen LogP contribution is -2.30. The molecule has 1 N–H and O–H groups in total. The van der Waals surface area contributed by atoms with E-state index in [1.807, 2.05) is 16.5 Å². The van der Waals surface area contributed by atoms with Crippen LogP contribution in [0.5, 0.6) is 0 Å². The molecule has 1 aliphatic heterocycles. The van der Waals surface area contributed by atoms with E-state index in [0.29, 0.717) is 19.0 Å². The molecule has 1 atom stereocenters. The molecule has 1 saturated carbocycles. The number of aromatic nitrogens is 2. The van der Waals surface area contributed by atoms with Gasteiger partial charge in [-0.15, -0.1) is 0 Å². The Hall–Kier alpha value is -1.50. The van der Waals surface area contributed by atoms with Gasteiger partial charge in [-0.2, -0.15) is 5.10 Å². The number of alkyl halides is 2. The van der Waals surface area contributed by atoms with E-state index >= 15 is 0 Å². The summed E-state index contributed by atoms with van der Waals surface area (Å²) in [6.45, 7) is 4.20. The Bertz CT molecular complexity index is 599. The first-order chi connectivity index (χ1) is 11.4. The van der Waals surface area contributed by atoms with Gasteiger partial charge in [0.1, 0.15) is 0 Å². The van der Waals surface area contributed by atoms with Crippen LogP contribution in [0, 0.1) is 5.92 Å². The quantitative estimate of drug-likeness (QED) is 0.864. The van der Waals surface area contributed by atoms with Gasteiger partial charge in [0, 0.05) is 37.9 Å². The zero-order chi connectivity index (χ0) is 17.3. The smallest absolute Gasteiger partial charge is 0.303 e. The number of carboxylic acids is 1. The van der Waals surface area contributed by atoms with Gasteiger partial charge in [-0.3, -0.25) is 14.4 Å². The molecule has 134 valence electrons. The summed E-state index contributed by atoms with van der Waals surface area (Å²) in [6.07, 6.45) is 1.86. The molecular weight excluding hydrogens is 316 g/mol. The molecule has 5 nitrogen and oxygen atoms in total. The molecule has 1 aromatic heterocycles. The molecule has 0 aromatic carbocycles. The van der Waals surface area contributed by atoms with Gasteiger partial charge in [-0.05, 0) is 38.8 Å². The molecule has 0 amide bonds. The fourth-order valence-electron chi connectivity index (χ4n) is 3.48. The van der Waals surface area contributed by atoms with Crippen LogP contribution >= 0.6 is 0 Å². The maximum absolute atomic E-state index is 14.2. The number of halogens is 2. The minimum absolute atomic E-state index is 0.217. The Labute approximate surface area is 140 Å². The van der Waals surface area contributed by atoms with Gasteiger partial charge in [-0.1, -0.05) is 0 Å². The van der Waals surface area contributed by atoms with Gasteiger partial charge in [0.2, 0.25) is 0 Å². The summed E-state index contributed by atoms with van der Waals surface area (Å²) in [6, 6.07) is 2.11. The summed E-state index contributed by atoms with van der Waals surface area (Å²) in [5.74, 6) is -4.55. The number of carbonyl (C=O) groups is 1. The van der Waals surface area contributed by atoms with Crippen molar-refractivity contribution in [3.05, 3.63) is 17.5 Å². The second-order valence-corrected chi connectivity index (χ2v) is 7.02. The average molecular weight is 341 g/mol. The number of aryl methyl sites for hydroxylation is 1. The van der Waals surface area contributed by atoms with E-state index in [9.17, 15) is 13.6 Å². The number of carboxylic acid groups (broad SMARTS) is 1. The predicted molar refractivity (Wildman–Crippen MR) is 85.1 cm³/mol. The summed E-state index contributed by atoms with van der Waals surface area (Å²) >= 11 is 0. The molecule has 0 radical (unpaired) electrons. The Morgan fingerprint density at radius 3 is 2.75 bits per heavy atom. The van der Waals surface area contributed by atoms with Crippen molar-refractivity contribution in [3.8, 4) is 0 Å². The largest absolute Gasteiger partial charge is 0.481 e. The van der Waals surface area contributed by atoms with Crippen molar-refractivity contribution in [2.45, 2.75) is 64.0 Å². The van der Waals surface area contributed by atoms with Crippen LogP contribution in [0.15, 0.2) is 6.07 Å². The van der Waals surface area contributed by atoms with Gasteiger partial charge >= 0.3 is 5.97 Å². The van der Waals surface area contributed by atoms with Gasteiger partial charge in [-0.25, -0.2) is 8.78 Å². The van der Waals surface area contributed by atoms with E-state index in [1.54, 1.807) is 0 Å². The number of nitrogens with zero attached hydrogens (tertiary/aromatic N) is 3. The maximum Gasteiger partial charge on any atom is 0.303 e. The Balaban J connectivity index is 1.67. The van der Waals surface area contributed by atoms with Crippen LogP contribution in [0.2, 0.25) is 0 Å². The predicted octanol–water partition coefficient (Wildman–Crippen LogP) is 3.10. The normalized spacial score (nSPS) is 24.7. The van der Waals surface area contributed by atoms with Crippen LogP contribution in [0.25, 0.3) is 0 Å². The second-order valence-electron chi connectivity index (χ2n) is 7.02. The topological polar surface area (TPSA) is 58.4 Å². The molecule has 1 unspecified atom stereocenters. The van der Waals surface area contributed by atoms with E-state index in [4.69, 9.17) is 5.11 Å².